The van der Waals surface area contributed by atoms with Gasteiger partial charge in [0.05, 0.1) is 0 Å². The Morgan fingerprint density at radius 1 is 1.21 bits per heavy atom. The van der Waals surface area contributed by atoms with Crippen molar-refractivity contribution >= 4 is 5.95 Å². The SMILES string of the molecule is FC(F)(F)c1cnc(N[C@H]2CCCNC2)nc1Oc1ccccc1. The van der Waals surface area contributed by atoms with Gasteiger partial charge in [0.2, 0.25) is 11.8 Å². The second kappa shape index (κ2) is 7.04. The predicted octanol–water partition coefficient (Wildman–Crippen LogP) is 3.45. The van der Waals surface area contributed by atoms with Crippen LogP contribution in [-0.4, -0.2) is 29.1 Å². The zero-order valence-electron chi connectivity index (χ0n) is 12.8. The molecule has 1 aliphatic heterocycles. The molecule has 0 spiro atoms. The van der Waals surface area contributed by atoms with Gasteiger partial charge in [-0.15, -0.1) is 0 Å². The standard InChI is InChI=1S/C16H17F3N4O/c17-16(18,19)13-10-21-15(22-11-5-4-8-20-9-11)23-14(13)24-12-6-2-1-3-7-12/h1-3,6-7,10-11,20H,4-5,8-9H2,(H,21,22,23)/t11-/m0/s1. The number of piperidine rings is 1. The molecule has 128 valence electrons. The molecule has 8 heteroatoms. The van der Waals surface area contributed by atoms with E-state index in [-0.39, 0.29) is 17.7 Å². The molecule has 1 aromatic heterocycles. The summed E-state index contributed by atoms with van der Waals surface area (Å²) in [5.41, 5.74) is -1.00. The number of nitrogens with zero attached hydrogens (tertiary/aromatic N) is 2. The summed E-state index contributed by atoms with van der Waals surface area (Å²) in [6, 6.07) is 8.33. The average molecular weight is 338 g/mol. The topological polar surface area (TPSA) is 59.1 Å². The van der Waals surface area contributed by atoms with Crippen molar-refractivity contribution in [1.29, 1.82) is 0 Å². The Bertz CT molecular complexity index is 673. The van der Waals surface area contributed by atoms with Crippen LogP contribution in [0.25, 0.3) is 0 Å². The summed E-state index contributed by atoms with van der Waals surface area (Å²) in [4.78, 5) is 7.73. The first-order chi connectivity index (χ1) is 11.5. The van der Waals surface area contributed by atoms with Gasteiger partial charge in [0, 0.05) is 18.8 Å². The maximum Gasteiger partial charge on any atom is 0.423 e. The number of benzene rings is 1. The largest absolute Gasteiger partial charge is 0.438 e. The van der Waals surface area contributed by atoms with Gasteiger partial charge in [-0.25, -0.2) is 4.98 Å². The maximum absolute atomic E-state index is 13.2. The summed E-state index contributed by atoms with van der Waals surface area (Å²) in [6.45, 7) is 1.66. The van der Waals surface area contributed by atoms with Crippen LogP contribution in [0.2, 0.25) is 0 Å². The predicted molar refractivity (Wildman–Crippen MR) is 83.1 cm³/mol. The van der Waals surface area contributed by atoms with Crippen LogP contribution in [0.3, 0.4) is 0 Å². The molecule has 0 aliphatic carbocycles. The van der Waals surface area contributed by atoms with Crippen molar-refractivity contribution in [3.63, 3.8) is 0 Å². The molecule has 0 bridgehead atoms. The van der Waals surface area contributed by atoms with Gasteiger partial charge in [-0.05, 0) is 31.5 Å². The minimum absolute atomic E-state index is 0.0834. The summed E-state index contributed by atoms with van der Waals surface area (Å²) in [5.74, 6) is -0.0930. The molecule has 5 nitrogen and oxygen atoms in total. The average Bonchev–Trinajstić information content (AvgIpc) is 2.56. The first-order valence-corrected chi connectivity index (χ1v) is 7.67. The van der Waals surface area contributed by atoms with Crippen LogP contribution in [0.4, 0.5) is 19.1 Å². The van der Waals surface area contributed by atoms with Gasteiger partial charge in [-0.1, -0.05) is 18.2 Å². The normalized spacial score (nSPS) is 18.2. The zero-order valence-corrected chi connectivity index (χ0v) is 12.8. The Morgan fingerprint density at radius 2 is 2.00 bits per heavy atom. The highest BCUT2D eigenvalue weighted by Crippen LogP contribution is 2.37. The van der Waals surface area contributed by atoms with E-state index in [1.54, 1.807) is 30.3 Å². The lowest BCUT2D eigenvalue weighted by Crippen LogP contribution is -2.38. The van der Waals surface area contributed by atoms with E-state index >= 15 is 0 Å². The van der Waals surface area contributed by atoms with Crippen LogP contribution in [0.5, 0.6) is 11.6 Å². The van der Waals surface area contributed by atoms with E-state index in [0.29, 0.717) is 0 Å². The molecule has 0 saturated carbocycles. The highest BCUT2D eigenvalue weighted by atomic mass is 19.4. The van der Waals surface area contributed by atoms with Gasteiger partial charge in [0.1, 0.15) is 11.3 Å². The number of anilines is 1. The number of para-hydroxylation sites is 1. The summed E-state index contributed by atoms with van der Waals surface area (Å²) in [7, 11) is 0. The molecular formula is C16H17F3N4O. The van der Waals surface area contributed by atoms with Gasteiger partial charge >= 0.3 is 6.18 Å². The molecule has 24 heavy (non-hydrogen) atoms. The Morgan fingerprint density at radius 3 is 2.67 bits per heavy atom. The van der Waals surface area contributed by atoms with Crippen molar-refractivity contribution in [3.8, 4) is 11.6 Å². The molecule has 1 atom stereocenters. The molecule has 2 aromatic rings. The molecule has 1 aromatic carbocycles. The zero-order chi connectivity index (χ0) is 17.0. The molecule has 1 fully saturated rings. The third-order valence-electron chi connectivity index (χ3n) is 3.65. The number of nitrogens with one attached hydrogen (secondary N) is 2. The van der Waals surface area contributed by atoms with Crippen LogP contribution in [0.1, 0.15) is 18.4 Å². The van der Waals surface area contributed by atoms with Gasteiger partial charge in [0.25, 0.3) is 0 Å². The summed E-state index contributed by atoms with van der Waals surface area (Å²) < 4.78 is 44.8. The van der Waals surface area contributed by atoms with Gasteiger partial charge in [-0.3, -0.25) is 0 Å². The highest BCUT2D eigenvalue weighted by molar-refractivity contribution is 5.38. The first-order valence-electron chi connectivity index (χ1n) is 7.67. The fraction of sp³-hybridized carbons (Fsp3) is 0.375. The highest BCUT2D eigenvalue weighted by Gasteiger charge is 2.36. The van der Waals surface area contributed by atoms with Crippen molar-refractivity contribution in [2.24, 2.45) is 0 Å². The molecule has 2 heterocycles. The fourth-order valence-corrected chi connectivity index (χ4v) is 2.47. The lowest BCUT2D eigenvalue weighted by Gasteiger charge is -2.24. The van der Waals surface area contributed by atoms with E-state index in [9.17, 15) is 13.2 Å². The maximum atomic E-state index is 13.2. The van der Waals surface area contributed by atoms with Gasteiger partial charge in [-0.2, -0.15) is 18.2 Å². The molecule has 1 saturated heterocycles. The lowest BCUT2D eigenvalue weighted by atomic mass is 10.1. The minimum Gasteiger partial charge on any atom is -0.438 e. The third kappa shape index (κ3) is 4.14. The number of hydrogen-bond donors (Lipinski definition) is 2. The van der Waals surface area contributed by atoms with Crippen LogP contribution >= 0.6 is 0 Å². The molecule has 0 unspecified atom stereocenters. The van der Waals surface area contributed by atoms with E-state index in [1.165, 1.54) is 0 Å². The van der Waals surface area contributed by atoms with E-state index in [4.69, 9.17) is 4.74 Å². The summed E-state index contributed by atoms with van der Waals surface area (Å²) in [5, 5.41) is 6.27. The fourth-order valence-electron chi connectivity index (χ4n) is 2.47. The van der Waals surface area contributed by atoms with Crippen molar-refractivity contribution < 1.29 is 17.9 Å². The van der Waals surface area contributed by atoms with Gasteiger partial charge in [0.15, 0.2) is 0 Å². The number of halogens is 3. The van der Waals surface area contributed by atoms with E-state index < -0.39 is 17.6 Å². The number of ether oxygens (including phenoxy) is 1. The van der Waals surface area contributed by atoms with Gasteiger partial charge < -0.3 is 15.4 Å². The molecular weight excluding hydrogens is 321 g/mol. The second-order valence-corrected chi connectivity index (χ2v) is 5.51. The number of hydrogen-bond acceptors (Lipinski definition) is 5. The smallest absolute Gasteiger partial charge is 0.423 e. The Labute approximate surface area is 137 Å². The minimum atomic E-state index is -4.59. The summed E-state index contributed by atoms with van der Waals surface area (Å²) in [6.07, 6.45) is -1.93. The second-order valence-electron chi connectivity index (χ2n) is 5.51. The van der Waals surface area contributed by atoms with Crippen LogP contribution < -0.4 is 15.4 Å². The Kier molecular flexibility index (Phi) is 4.84. The molecule has 0 radical (unpaired) electrons. The number of aromatic nitrogens is 2. The molecule has 3 rings (SSSR count). The van der Waals surface area contributed by atoms with Crippen molar-refractivity contribution in [3.05, 3.63) is 42.1 Å². The van der Waals surface area contributed by atoms with Crippen LogP contribution in [0, 0.1) is 0 Å². The quantitative estimate of drug-likeness (QED) is 0.894. The van der Waals surface area contributed by atoms with Crippen LogP contribution in [0.15, 0.2) is 36.5 Å². The summed E-state index contributed by atoms with van der Waals surface area (Å²) >= 11 is 0. The van der Waals surface area contributed by atoms with E-state index in [1.807, 2.05) is 0 Å². The van der Waals surface area contributed by atoms with E-state index in [2.05, 4.69) is 20.6 Å². The third-order valence-corrected chi connectivity index (χ3v) is 3.65. The molecule has 1 aliphatic rings. The van der Waals surface area contributed by atoms with Crippen LogP contribution in [-0.2, 0) is 6.18 Å². The van der Waals surface area contributed by atoms with E-state index in [0.717, 1.165) is 32.1 Å². The lowest BCUT2D eigenvalue weighted by molar-refractivity contribution is -0.139. The molecule has 2 N–H and O–H groups in total. The first kappa shape index (κ1) is 16.5. The number of alkyl halides is 3. The van der Waals surface area contributed by atoms with Crippen molar-refractivity contribution in [2.45, 2.75) is 25.1 Å². The monoisotopic (exact) mass is 338 g/mol. The van der Waals surface area contributed by atoms with Crippen molar-refractivity contribution in [1.82, 2.24) is 15.3 Å². The van der Waals surface area contributed by atoms with Crippen molar-refractivity contribution in [2.75, 3.05) is 18.4 Å². The Hall–Kier alpha value is -2.35. The molecule has 0 amide bonds. The number of rotatable bonds is 4. The Balaban J connectivity index is 1.85.